The van der Waals surface area contributed by atoms with Crippen molar-refractivity contribution in [3.63, 3.8) is 0 Å². The van der Waals surface area contributed by atoms with E-state index in [1.54, 1.807) is 110 Å². The maximum atomic E-state index is 14.0. The Morgan fingerprint density at radius 3 is 1.85 bits per heavy atom. The zero-order chi connectivity index (χ0) is 41.8. The van der Waals surface area contributed by atoms with E-state index in [0.29, 0.717) is 33.0 Å². The van der Waals surface area contributed by atoms with Crippen LogP contribution in [0.1, 0.15) is 37.3 Å². The van der Waals surface area contributed by atoms with Crippen molar-refractivity contribution in [2.45, 2.75) is 24.5 Å². The van der Waals surface area contributed by atoms with Crippen molar-refractivity contribution in [1.82, 2.24) is 14.5 Å². The van der Waals surface area contributed by atoms with Crippen LogP contribution < -0.4 is 10.5 Å². The van der Waals surface area contributed by atoms with E-state index in [4.69, 9.17) is 58.2 Å². The highest BCUT2D eigenvalue weighted by Crippen LogP contribution is 2.41. The highest BCUT2D eigenvalue weighted by molar-refractivity contribution is 7.71. The molecule has 60 heavy (non-hydrogen) atoms. The quantitative estimate of drug-likeness (QED) is 0.0752. The molecule has 3 heterocycles. The van der Waals surface area contributed by atoms with Gasteiger partial charge in [0, 0.05) is 10.6 Å². The molecule has 4 atom stereocenters. The number of esters is 3. The summed E-state index contributed by atoms with van der Waals surface area (Å²) in [6.45, 7) is -0.417. The number of methoxy groups -OCH3 is 1. The Labute approximate surface area is 354 Å². The molecular formula is C46H35ClN4O8S. The van der Waals surface area contributed by atoms with E-state index in [-0.39, 0.29) is 32.9 Å². The number of pyridine rings is 1. The first kappa shape index (κ1) is 39.9. The number of aromatic nitrogens is 3. The lowest BCUT2D eigenvalue weighted by Gasteiger charge is -2.26. The van der Waals surface area contributed by atoms with Crippen LogP contribution >= 0.6 is 23.8 Å². The minimum Gasteiger partial charge on any atom is -0.497 e. The molecular weight excluding hydrogens is 804 g/mol. The molecule has 0 bridgehead atoms. The van der Waals surface area contributed by atoms with Crippen LogP contribution in [0.25, 0.3) is 33.4 Å². The number of fused-ring (bicyclic) bond motifs is 1. The van der Waals surface area contributed by atoms with Crippen LogP contribution in [-0.4, -0.2) is 64.5 Å². The monoisotopic (exact) mass is 838 g/mol. The number of benzene rings is 5. The molecule has 1 aliphatic heterocycles. The van der Waals surface area contributed by atoms with Crippen LogP contribution in [0.4, 0.5) is 5.82 Å². The molecule has 0 saturated carbocycles. The number of carbonyl (C=O) groups excluding carboxylic acids is 3. The summed E-state index contributed by atoms with van der Waals surface area (Å²) in [5.41, 5.74) is 10.0. The molecule has 12 nitrogen and oxygen atoms in total. The lowest BCUT2D eigenvalue weighted by atomic mass is 9.99. The zero-order valence-corrected chi connectivity index (χ0v) is 33.4. The molecule has 5 aromatic carbocycles. The number of rotatable bonds is 11. The summed E-state index contributed by atoms with van der Waals surface area (Å²) >= 11 is 12.7. The molecule has 2 aromatic heterocycles. The third-order valence-corrected chi connectivity index (χ3v) is 10.5. The fourth-order valence-corrected chi connectivity index (χ4v) is 7.48. The Balaban J connectivity index is 1.33. The Kier molecular flexibility index (Phi) is 11.6. The van der Waals surface area contributed by atoms with Gasteiger partial charge in [-0.05, 0) is 84.0 Å². The number of nitrogens with zero attached hydrogens (tertiary/aromatic N) is 3. The first-order valence-corrected chi connectivity index (χ1v) is 19.5. The van der Waals surface area contributed by atoms with Crippen molar-refractivity contribution in [3.8, 4) is 28.1 Å². The lowest BCUT2D eigenvalue weighted by Crippen LogP contribution is -2.41. The highest BCUT2D eigenvalue weighted by atomic mass is 35.5. The van der Waals surface area contributed by atoms with Crippen molar-refractivity contribution < 1.29 is 38.1 Å². The summed E-state index contributed by atoms with van der Waals surface area (Å²) in [7, 11) is 1.57. The second-order valence-electron chi connectivity index (χ2n) is 13.6. The van der Waals surface area contributed by atoms with Gasteiger partial charge in [-0.15, -0.1) is 0 Å². The third kappa shape index (κ3) is 8.18. The van der Waals surface area contributed by atoms with E-state index in [1.807, 2.05) is 42.5 Å². The van der Waals surface area contributed by atoms with E-state index in [1.165, 1.54) is 4.57 Å². The van der Waals surface area contributed by atoms with Crippen LogP contribution in [0.15, 0.2) is 146 Å². The summed E-state index contributed by atoms with van der Waals surface area (Å²) in [6, 6.07) is 41.4. The van der Waals surface area contributed by atoms with Crippen LogP contribution in [0.3, 0.4) is 0 Å². The van der Waals surface area contributed by atoms with Gasteiger partial charge in [-0.25, -0.2) is 24.4 Å². The first-order valence-electron chi connectivity index (χ1n) is 18.7. The Bertz CT molecular complexity index is 2760. The largest absolute Gasteiger partial charge is 0.497 e. The molecule has 1 saturated heterocycles. The van der Waals surface area contributed by atoms with E-state index >= 15 is 0 Å². The van der Waals surface area contributed by atoms with Gasteiger partial charge in [0.05, 0.1) is 34.9 Å². The van der Waals surface area contributed by atoms with E-state index < -0.39 is 49.1 Å². The summed E-state index contributed by atoms with van der Waals surface area (Å²) < 4.78 is 31.7. The number of carbonyl (C=O) groups is 3. The van der Waals surface area contributed by atoms with Crippen LogP contribution in [0.2, 0.25) is 5.02 Å². The molecule has 0 aliphatic carbocycles. The van der Waals surface area contributed by atoms with Gasteiger partial charge in [0.2, 0.25) is 4.77 Å². The molecule has 300 valence electrons. The minimum absolute atomic E-state index is 0.0616. The third-order valence-electron chi connectivity index (χ3n) is 9.89. The van der Waals surface area contributed by atoms with E-state index in [2.05, 4.69) is 4.98 Å². The average molecular weight is 839 g/mol. The van der Waals surface area contributed by atoms with Crippen molar-refractivity contribution >= 4 is 58.6 Å². The molecule has 1 fully saturated rings. The maximum absolute atomic E-state index is 14.0. The fraction of sp³-hybridized carbons (Fsp3) is 0.130. The van der Waals surface area contributed by atoms with Crippen LogP contribution in [0, 0.1) is 4.77 Å². The predicted molar refractivity (Wildman–Crippen MR) is 227 cm³/mol. The number of anilines is 1. The molecule has 8 rings (SSSR count). The van der Waals surface area contributed by atoms with Gasteiger partial charge in [-0.1, -0.05) is 96.5 Å². The van der Waals surface area contributed by atoms with Gasteiger partial charge < -0.3 is 29.4 Å². The Morgan fingerprint density at radius 1 is 0.717 bits per heavy atom. The van der Waals surface area contributed by atoms with Crippen molar-refractivity contribution in [1.29, 1.82) is 0 Å². The summed E-state index contributed by atoms with van der Waals surface area (Å²) in [5.74, 6) is -1.45. The molecule has 1 aliphatic rings. The summed E-state index contributed by atoms with van der Waals surface area (Å²) in [6.07, 6.45) is -5.35. The van der Waals surface area contributed by atoms with Crippen molar-refractivity contribution in [3.05, 3.63) is 172 Å². The normalized spacial score (nSPS) is 17.2. The van der Waals surface area contributed by atoms with Gasteiger partial charge in [0.25, 0.3) is 0 Å². The minimum atomic E-state index is -1.42. The summed E-state index contributed by atoms with van der Waals surface area (Å²) in [5, 5.41) is 0.815. The predicted octanol–water partition coefficient (Wildman–Crippen LogP) is 8.94. The molecule has 0 radical (unpaired) electrons. The number of hydrogen-bond donors (Lipinski definition) is 1. The van der Waals surface area contributed by atoms with Gasteiger partial charge in [0.15, 0.2) is 18.4 Å². The molecule has 0 unspecified atom stereocenters. The average Bonchev–Trinajstić information content (AvgIpc) is 3.60. The fourth-order valence-electron chi connectivity index (χ4n) is 6.96. The number of ether oxygens (including phenoxy) is 5. The molecule has 2 N–H and O–H groups in total. The lowest BCUT2D eigenvalue weighted by molar-refractivity contribution is -0.0615. The number of nitrogen functional groups attached to an aromatic ring is 1. The second-order valence-corrected chi connectivity index (χ2v) is 14.4. The van der Waals surface area contributed by atoms with Crippen molar-refractivity contribution in [2.75, 3.05) is 19.5 Å². The number of hydrogen-bond acceptors (Lipinski definition) is 12. The smallest absolute Gasteiger partial charge is 0.338 e. The van der Waals surface area contributed by atoms with Gasteiger partial charge in [0.1, 0.15) is 29.9 Å². The van der Waals surface area contributed by atoms with Gasteiger partial charge >= 0.3 is 17.9 Å². The van der Waals surface area contributed by atoms with Crippen molar-refractivity contribution in [2.24, 2.45) is 0 Å². The standard InChI is InChI=1S/C46H35ClN4O8S/c1-55-31-23-21-27(22-24-31)33-25-35(32-19-11-12-20-34(32)47)49-41-37(33)40(48)50-46(60)51(41)42-39(59-45(54)30-17-9-4-10-18-30)38(58-44(53)29-15-7-3-8-16-29)36(57-42)26-56-43(52)28-13-5-2-6-14-28/h2-25,36,38-39,42H,26H2,1H3,(H2,48,50,60)/t36-,38-,39-,42-/m1/s1. The molecule has 7 aromatic rings. The Hall–Kier alpha value is -6.93. The highest BCUT2D eigenvalue weighted by Gasteiger charge is 2.52. The van der Waals surface area contributed by atoms with Crippen LogP contribution in [-0.2, 0) is 18.9 Å². The van der Waals surface area contributed by atoms with Gasteiger partial charge in [-0.2, -0.15) is 0 Å². The second kappa shape index (κ2) is 17.5. The molecule has 0 spiro atoms. The van der Waals surface area contributed by atoms with Gasteiger partial charge in [-0.3, -0.25) is 4.57 Å². The first-order chi connectivity index (χ1) is 29.2. The SMILES string of the molecule is COc1ccc(-c2cc(-c3ccccc3Cl)nc3c2c(N)nc(=S)n3[C@@H]2O[C@H](COC(=O)c3ccccc3)[C@@H](OC(=O)c3ccccc3)[C@H]2OC(=O)c2ccccc2)cc1. The molecule has 0 amide bonds. The topological polar surface area (TPSA) is 154 Å². The van der Waals surface area contributed by atoms with Crippen LogP contribution in [0.5, 0.6) is 5.75 Å². The summed E-state index contributed by atoms with van der Waals surface area (Å²) in [4.78, 5) is 50.8. The van der Waals surface area contributed by atoms with E-state index in [9.17, 15) is 14.4 Å². The van der Waals surface area contributed by atoms with E-state index in [0.717, 1.165) is 5.56 Å². The molecule has 14 heteroatoms. The maximum Gasteiger partial charge on any atom is 0.338 e. The number of halogens is 1. The zero-order valence-electron chi connectivity index (χ0n) is 31.8. The number of nitrogens with two attached hydrogens (primary N) is 1. The Morgan fingerprint density at radius 2 is 1.27 bits per heavy atom.